The second-order valence-electron chi connectivity index (χ2n) is 4.39. The zero-order valence-electron chi connectivity index (χ0n) is 10.5. The molecule has 0 saturated heterocycles. The van der Waals surface area contributed by atoms with Crippen molar-refractivity contribution in [2.24, 2.45) is 0 Å². The molecule has 1 aromatic heterocycles. The molecule has 0 bridgehead atoms. The van der Waals surface area contributed by atoms with Crippen LogP contribution in [0.25, 0.3) is 10.9 Å². The van der Waals surface area contributed by atoms with Crippen LogP contribution >= 0.6 is 11.6 Å². The molecule has 3 rings (SSSR count). The highest BCUT2D eigenvalue weighted by atomic mass is 35.5. The topological polar surface area (TPSA) is 24.9 Å². The maximum absolute atomic E-state index is 6.40. The third kappa shape index (κ3) is 2.27. The Kier molecular flexibility index (Phi) is 3.10. The minimum atomic E-state index is 0.669. The zero-order chi connectivity index (χ0) is 13.2. The van der Waals surface area contributed by atoms with Crippen molar-refractivity contribution in [2.45, 2.75) is 6.92 Å². The van der Waals surface area contributed by atoms with Crippen LogP contribution in [0.3, 0.4) is 0 Å². The predicted molar refractivity (Wildman–Crippen MR) is 81.2 cm³/mol. The van der Waals surface area contributed by atoms with Crippen LogP contribution in [0.5, 0.6) is 0 Å². The largest absolute Gasteiger partial charge is 0.354 e. The molecule has 94 valence electrons. The molecule has 0 aliphatic carbocycles. The van der Waals surface area contributed by atoms with E-state index in [2.05, 4.69) is 10.3 Å². The molecule has 1 N–H and O–H groups in total. The van der Waals surface area contributed by atoms with Crippen LogP contribution in [0.2, 0.25) is 5.02 Å². The van der Waals surface area contributed by atoms with Crippen LogP contribution in [-0.2, 0) is 0 Å². The first-order chi connectivity index (χ1) is 9.25. The normalized spacial score (nSPS) is 10.6. The highest BCUT2D eigenvalue weighted by Gasteiger charge is 2.10. The summed E-state index contributed by atoms with van der Waals surface area (Å²) >= 11 is 6.40. The van der Waals surface area contributed by atoms with E-state index >= 15 is 0 Å². The van der Waals surface area contributed by atoms with E-state index in [-0.39, 0.29) is 0 Å². The molecular weight excluding hydrogens is 256 g/mol. The van der Waals surface area contributed by atoms with Gasteiger partial charge < -0.3 is 5.32 Å². The number of aromatic nitrogens is 1. The van der Waals surface area contributed by atoms with Gasteiger partial charge in [0.15, 0.2) is 0 Å². The summed E-state index contributed by atoms with van der Waals surface area (Å²) in [6, 6.07) is 18.0. The summed E-state index contributed by atoms with van der Waals surface area (Å²) in [5, 5.41) is 5.08. The van der Waals surface area contributed by atoms with Gasteiger partial charge in [0.05, 0.1) is 21.9 Å². The molecule has 0 fully saturated rings. The molecular formula is C16H13ClN2. The molecule has 19 heavy (non-hydrogen) atoms. The van der Waals surface area contributed by atoms with Crippen LogP contribution < -0.4 is 5.32 Å². The maximum Gasteiger partial charge on any atom is 0.0859 e. The number of nitrogens with zero attached hydrogens (tertiary/aromatic N) is 1. The van der Waals surface area contributed by atoms with E-state index in [4.69, 9.17) is 11.6 Å². The van der Waals surface area contributed by atoms with Crippen molar-refractivity contribution in [3.63, 3.8) is 0 Å². The van der Waals surface area contributed by atoms with E-state index in [1.807, 2.05) is 61.5 Å². The molecule has 2 nitrogen and oxygen atoms in total. The average Bonchev–Trinajstić information content (AvgIpc) is 2.45. The molecule has 0 atom stereocenters. The van der Waals surface area contributed by atoms with Crippen LogP contribution in [0, 0.1) is 6.92 Å². The van der Waals surface area contributed by atoms with Crippen molar-refractivity contribution < 1.29 is 0 Å². The van der Waals surface area contributed by atoms with Crippen LogP contribution in [0.15, 0.2) is 54.6 Å². The van der Waals surface area contributed by atoms with Crippen molar-refractivity contribution in [3.05, 3.63) is 65.3 Å². The molecule has 3 heteroatoms. The fraction of sp³-hybridized carbons (Fsp3) is 0.0625. The number of benzene rings is 2. The highest BCUT2D eigenvalue weighted by Crippen LogP contribution is 2.34. The summed E-state index contributed by atoms with van der Waals surface area (Å²) in [5.41, 5.74) is 3.71. The van der Waals surface area contributed by atoms with E-state index in [0.29, 0.717) is 5.02 Å². The number of hydrogen-bond donors (Lipinski definition) is 1. The van der Waals surface area contributed by atoms with Gasteiger partial charge in [-0.1, -0.05) is 48.0 Å². The Labute approximate surface area is 117 Å². The lowest BCUT2D eigenvalue weighted by atomic mass is 10.1. The van der Waals surface area contributed by atoms with E-state index in [0.717, 1.165) is 28.0 Å². The summed E-state index contributed by atoms with van der Waals surface area (Å²) in [6.45, 7) is 1.92. The maximum atomic E-state index is 6.40. The van der Waals surface area contributed by atoms with E-state index in [9.17, 15) is 0 Å². The summed E-state index contributed by atoms with van der Waals surface area (Å²) in [4.78, 5) is 4.51. The van der Waals surface area contributed by atoms with Crippen LogP contribution in [0.1, 0.15) is 5.69 Å². The van der Waals surface area contributed by atoms with Gasteiger partial charge in [-0.3, -0.25) is 4.98 Å². The quantitative estimate of drug-likeness (QED) is 0.712. The number of fused-ring (bicyclic) bond motifs is 1. The van der Waals surface area contributed by atoms with Crippen LogP contribution in [-0.4, -0.2) is 4.98 Å². The van der Waals surface area contributed by atoms with Gasteiger partial charge in [0.1, 0.15) is 0 Å². The average molecular weight is 269 g/mol. The Balaban J connectivity index is 2.19. The predicted octanol–water partition coefficient (Wildman–Crippen LogP) is 4.94. The Morgan fingerprint density at radius 3 is 2.42 bits per heavy atom. The number of rotatable bonds is 2. The fourth-order valence-corrected chi connectivity index (χ4v) is 2.29. The molecule has 0 unspecified atom stereocenters. The van der Waals surface area contributed by atoms with Crippen LogP contribution in [0.4, 0.5) is 11.4 Å². The monoisotopic (exact) mass is 268 g/mol. The molecule has 0 radical (unpaired) electrons. The van der Waals surface area contributed by atoms with Gasteiger partial charge in [-0.05, 0) is 25.1 Å². The summed E-state index contributed by atoms with van der Waals surface area (Å²) in [5.74, 6) is 0. The number of halogens is 1. The van der Waals surface area contributed by atoms with E-state index in [1.165, 1.54) is 0 Å². The number of pyridine rings is 1. The lowest BCUT2D eigenvalue weighted by Gasteiger charge is -2.13. The van der Waals surface area contributed by atoms with Crippen molar-refractivity contribution in [3.8, 4) is 0 Å². The number of anilines is 2. The van der Waals surface area contributed by atoms with Crippen molar-refractivity contribution in [1.29, 1.82) is 0 Å². The number of nitrogens with one attached hydrogen (secondary N) is 1. The smallest absolute Gasteiger partial charge is 0.0859 e. The van der Waals surface area contributed by atoms with Gasteiger partial charge in [0.2, 0.25) is 0 Å². The number of para-hydroxylation sites is 2. The SMILES string of the molecule is Cc1nc2ccccc2c(Nc2ccccc2)c1Cl. The standard InChI is InChI=1S/C16H13ClN2/c1-11-15(17)16(19-12-7-3-2-4-8-12)13-9-5-6-10-14(13)18-11/h2-10H,1H3,(H,18,19). The van der Waals surface area contributed by atoms with Gasteiger partial charge in [-0.15, -0.1) is 0 Å². The van der Waals surface area contributed by atoms with Crippen molar-refractivity contribution in [1.82, 2.24) is 4.98 Å². The van der Waals surface area contributed by atoms with Gasteiger partial charge >= 0.3 is 0 Å². The molecule has 1 heterocycles. The van der Waals surface area contributed by atoms with E-state index in [1.54, 1.807) is 0 Å². The van der Waals surface area contributed by atoms with Gasteiger partial charge in [-0.25, -0.2) is 0 Å². The van der Waals surface area contributed by atoms with Crippen molar-refractivity contribution in [2.75, 3.05) is 5.32 Å². The molecule has 0 aliphatic rings. The molecule has 0 aliphatic heterocycles. The molecule has 0 spiro atoms. The molecule has 0 amide bonds. The Morgan fingerprint density at radius 2 is 1.63 bits per heavy atom. The minimum absolute atomic E-state index is 0.669. The summed E-state index contributed by atoms with van der Waals surface area (Å²) < 4.78 is 0. The Hall–Kier alpha value is -2.06. The second kappa shape index (κ2) is 4.90. The van der Waals surface area contributed by atoms with Gasteiger partial charge in [0.25, 0.3) is 0 Å². The summed E-state index contributed by atoms with van der Waals surface area (Å²) in [7, 11) is 0. The van der Waals surface area contributed by atoms with Gasteiger partial charge in [0, 0.05) is 11.1 Å². The van der Waals surface area contributed by atoms with Crippen molar-refractivity contribution >= 4 is 33.9 Å². The minimum Gasteiger partial charge on any atom is -0.354 e. The Bertz CT molecular complexity index is 723. The first-order valence-corrected chi connectivity index (χ1v) is 6.50. The molecule has 0 saturated carbocycles. The lowest BCUT2D eigenvalue weighted by Crippen LogP contribution is -1.96. The number of aryl methyl sites for hydroxylation is 1. The summed E-state index contributed by atoms with van der Waals surface area (Å²) in [6.07, 6.45) is 0. The second-order valence-corrected chi connectivity index (χ2v) is 4.77. The molecule has 3 aromatic rings. The first kappa shape index (κ1) is 12.0. The Morgan fingerprint density at radius 1 is 0.947 bits per heavy atom. The fourth-order valence-electron chi connectivity index (χ4n) is 2.10. The molecule has 2 aromatic carbocycles. The lowest BCUT2D eigenvalue weighted by molar-refractivity contribution is 1.25. The highest BCUT2D eigenvalue weighted by molar-refractivity contribution is 6.35. The third-order valence-corrected chi connectivity index (χ3v) is 3.50. The number of hydrogen-bond acceptors (Lipinski definition) is 2. The third-order valence-electron chi connectivity index (χ3n) is 3.04. The first-order valence-electron chi connectivity index (χ1n) is 6.12. The zero-order valence-corrected chi connectivity index (χ0v) is 11.3. The van der Waals surface area contributed by atoms with E-state index < -0.39 is 0 Å². The van der Waals surface area contributed by atoms with Gasteiger partial charge in [-0.2, -0.15) is 0 Å².